The number of aryl methyl sites for hydroxylation is 1. The van der Waals surface area contributed by atoms with Crippen LogP contribution in [-0.2, 0) is 0 Å². The summed E-state index contributed by atoms with van der Waals surface area (Å²) in [6.45, 7) is 1.89. The van der Waals surface area contributed by atoms with Crippen LogP contribution in [0.2, 0.25) is 0 Å². The van der Waals surface area contributed by atoms with E-state index in [4.69, 9.17) is 4.74 Å². The zero-order valence-electron chi connectivity index (χ0n) is 6.32. The van der Waals surface area contributed by atoms with E-state index in [1.54, 1.807) is 13.2 Å². The van der Waals surface area contributed by atoms with Gasteiger partial charge in [-0.3, -0.25) is 0 Å². The van der Waals surface area contributed by atoms with Crippen molar-refractivity contribution in [2.24, 2.45) is 0 Å². The number of hydrogen-bond acceptors (Lipinski definition) is 1. The number of benzene rings is 1. The highest BCUT2D eigenvalue weighted by molar-refractivity contribution is 14.1. The van der Waals surface area contributed by atoms with Gasteiger partial charge in [0.1, 0.15) is 11.6 Å². The predicted octanol–water partition coefficient (Wildman–Crippen LogP) is 2.75. The van der Waals surface area contributed by atoms with Crippen molar-refractivity contribution >= 4 is 22.6 Å². The van der Waals surface area contributed by atoms with Crippen molar-refractivity contribution in [1.29, 1.82) is 0 Å². The molecule has 0 amide bonds. The molecular formula is C8H8FIO. The van der Waals surface area contributed by atoms with Gasteiger partial charge < -0.3 is 4.74 Å². The van der Waals surface area contributed by atoms with Gasteiger partial charge in [0.15, 0.2) is 0 Å². The number of hydrogen-bond donors (Lipinski definition) is 0. The summed E-state index contributed by atoms with van der Waals surface area (Å²) in [5.41, 5.74) is 0.957. The molecule has 0 heterocycles. The minimum atomic E-state index is -0.229. The largest absolute Gasteiger partial charge is 0.495 e. The van der Waals surface area contributed by atoms with E-state index in [0.29, 0.717) is 9.32 Å². The van der Waals surface area contributed by atoms with Crippen LogP contribution < -0.4 is 4.74 Å². The fraction of sp³-hybridized carbons (Fsp3) is 0.250. The Morgan fingerprint density at radius 3 is 2.55 bits per heavy atom. The Bertz CT molecular complexity index is 273. The SMILES string of the molecule is COc1c(C)ccc(F)c1I. The van der Waals surface area contributed by atoms with Gasteiger partial charge in [-0.05, 0) is 41.1 Å². The molecule has 1 nitrogen and oxygen atoms in total. The van der Waals surface area contributed by atoms with Gasteiger partial charge in [0.2, 0.25) is 0 Å². The van der Waals surface area contributed by atoms with Crippen molar-refractivity contribution in [3.8, 4) is 5.75 Å². The van der Waals surface area contributed by atoms with Crippen LogP contribution in [-0.4, -0.2) is 7.11 Å². The van der Waals surface area contributed by atoms with Gasteiger partial charge in [-0.25, -0.2) is 4.39 Å². The summed E-state index contributed by atoms with van der Waals surface area (Å²) in [6, 6.07) is 3.15. The molecule has 0 saturated heterocycles. The molecule has 3 heteroatoms. The molecule has 0 saturated carbocycles. The number of rotatable bonds is 1. The summed E-state index contributed by atoms with van der Waals surface area (Å²) >= 11 is 1.93. The zero-order chi connectivity index (χ0) is 8.43. The average Bonchev–Trinajstić information content (AvgIpc) is 1.99. The Morgan fingerprint density at radius 2 is 2.09 bits per heavy atom. The molecule has 11 heavy (non-hydrogen) atoms. The molecule has 0 atom stereocenters. The van der Waals surface area contributed by atoms with E-state index in [1.165, 1.54) is 6.07 Å². The molecular weight excluding hydrogens is 258 g/mol. The lowest BCUT2D eigenvalue weighted by molar-refractivity contribution is 0.404. The summed E-state index contributed by atoms with van der Waals surface area (Å²) in [6.07, 6.45) is 0. The van der Waals surface area contributed by atoms with Crippen LogP contribution in [0.5, 0.6) is 5.75 Å². The van der Waals surface area contributed by atoms with Gasteiger partial charge in [-0.1, -0.05) is 6.07 Å². The Morgan fingerprint density at radius 1 is 1.45 bits per heavy atom. The summed E-state index contributed by atoms with van der Waals surface area (Å²) in [4.78, 5) is 0. The lowest BCUT2D eigenvalue weighted by atomic mass is 10.2. The zero-order valence-corrected chi connectivity index (χ0v) is 8.48. The van der Waals surface area contributed by atoms with E-state index < -0.39 is 0 Å². The summed E-state index contributed by atoms with van der Waals surface area (Å²) in [5, 5.41) is 0. The van der Waals surface area contributed by atoms with Gasteiger partial charge in [0.05, 0.1) is 10.7 Å². The number of halogens is 2. The second-order valence-electron chi connectivity index (χ2n) is 2.21. The first kappa shape index (κ1) is 8.77. The number of ether oxygens (including phenoxy) is 1. The molecule has 0 aromatic heterocycles. The van der Waals surface area contributed by atoms with Crippen molar-refractivity contribution in [1.82, 2.24) is 0 Å². The van der Waals surface area contributed by atoms with Gasteiger partial charge in [-0.15, -0.1) is 0 Å². The van der Waals surface area contributed by atoms with Crippen molar-refractivity contribution in [2.75, 3.05) is 7.11 Å². The van der Waals surface area contributed by atoms with Gasteiger partial charge in [-0.2, -0.15) is 0 Å². The molecule has 0 fully saturated rings. The van der Waals surface area contributed by atoms with E-state index in [2.05, 4.69) is 0 Å². The molecule has 0 aliphatic rings. The Hall–Kier alpha value is -0.320. The van der Waals surface area contributed by atoms with Crippen LogP contribution in [0.3, 0.4) is 0 Å². The molecule has 1 aromatic rings. The lowest BCUT2D eigenvalue weighted by Crippen LogP contribution is -1.93. The molecule has 1 rings (SSSR count). The van der Waals surface area contributed by atoms with Crippen molar-refractivity contribution in [3.05, 3.63) is 27.1 Å². The third-order valence-corrected chi connectivity index (χ3v) is 2.46. The Balaban J connectivity index is 3.29. The first-order valence-corrected chi connectivity index (χ1v) is 4.23. The van der Waals surface area contributed by atoms with E-state index in [0.717, 1.165) is 5.56 Å². The molecule has 0 spiro atoms. The van der Waals surface area contributed by atoms with Crippen LogP contribution >= 0.6 is 22.6 Å². The fourth-order valence-electron chi connectivity index (χ4n) is 0.879. The van der Waals surface area contributed by atoms with Crippen LogP contribution in [0.15, 0.2) is 12.1 Å². The van der Waals surface area contributed by atoms with Gasteiger partial charge in [0.25, 0.3) is 0 Å². The van der Waals surface area contributed by atoms with E-state index >= 15 is 0 Å². The molecule has 0 N–H and O–H groups in total. The average molecular weight is 266 g/mol. The van der Waals surface area contributed by atoms with Crippen molar-refractivity contribution < 1.29 is 9.13 Å². The minimum absolute atomic E-state index is 0.229. The first-order chi connectivity index (χ1) is 5.16. The molecule has 0 aliphatic heterocycles. The second-order valence-corrected chi connectivity index (χ2v) is 3.29. The first-order valence-electron chi connectivity index (χ1n) is 3.15. The maximum atomic E-state index is 12.9. The van der Waals surface area contributed by atoms with E-state index in [9.17, 15) is 4.39 Å². The van der Waals surface area contributed by atoms with E-state index in [-0.39, 0.29) is 5.82 Å². The maximum absolute atomic E-state index is 12.9. The quantitative estimate of drug-likeness (QED) is 0.710. The topological polar surface area (TPSA) is 9.23 Å². The predicted molar refractivity (Wildman–Crippen MR) is 50.4 cm³/mol. The molecule has 1 aromatic carbocycles. The smallest absolute Gasteiger partial charge is 0.140 e. The maximum Gasteiger partial charge on any atom is 0.140 e. The standard InChI is InChI=1S/C8H8FIO/c1-5-3-4-6(9)7(10)8(5)11-2/h3-4H,1-2H3. The highest BCUT2D eigenvalue weighted by Crippen LogP contribution is 2.26. The van der Waals surface area contributed by atoms with Crippen molar-refractivity contribution in [3.63, 3.8) is 0 Å². The Kier molecular flexibility index (Phi) is 2.70. The molecule has 0 unspecified atom stereocenters. The third-order valence-electron chi connectivity index (χ3n) is 1.45. The summed E-state index contributed by atoms with van der Waals surface area (Å²) in [7, 11) is 1.55. The van der Waals surface area contributed by atoms with Crippen LogP contribution in [0.25, 0.3) is 0 Å². The normalized spacial score (nSPS) is 9.82. The van der Waals surface area contributed by atoms with Gasteiger partial charge in [0, 0.05) is 0 Å². The van der Waals surface area contributed by atoms with E-state index in [1.807, 2.05) is 29.5 Å². The lowest BCUT2D eigenvalue weighted by Gasteiger charge is -2.06. The van der Waals surface area contributed by atoms with Crippen LogP contribution in [0.4, 0.5) is 4.39 Å². The summed E-state index contributed by atoms with van der Waals surface area (Å²) < 4.78 is 18.4. The highest BCUT2D eigenvalue weighted by atomic mass is 127. The monoisotopic (exact) mass is 266 g/mol. The molecule has 0 bridgehead atoms. The minimum Gasteiger partial charge on any atom is -0.495 e. The molecule has 60 valence electrons. The molecule has 0 aliphatic carbocycles. The fourth-order valence-corrected chi connectivity index (χ4v) is 1.70. The number of methoxy groups -OCH3 is 1. The van der Waals surface area contributed by atoms with Crippen LogP contribution in [0.1, 0.15) is 5.56 Å². The second kappa shape index (κ2) is 3.38. The van der Waals surface area contributed by atoms with Gasteiger partial charge >= 0.3 is 0 Å². The van der Waals surface area contributed by atoms with Crippen LogP contribution in [0, 0.1) is 16.3 Å². The third kappa shape index (κ3) is 1.64. The summed E-state index contributed by atoms with van der Waals surface area (Å²) in [5.74, 6) is 0.402. The Labute approximate surface area is 78.7 Å². The molecule has 0 radical (unpaired) electrons. The van der Waals surface area contributed by atoms with Crippen molar-refractivity contribution in [2.45, 2.75) is 6.92 Å². The highest BCUT2D eigenvalue weighted by Gasteiger charge is 2.07.